The molecule has 190 valence electrons. The quantitative estimate of drug-likeness (QED) is 0.221. The molecule has 0 radical (unpaired) electrons. The van der Waals surface area contributed by atoms with E-state index >= 15 is 0 Å². The van der Waals surface area contributed by atoms with Gasteiger partial charge in [0, 0.05) is 13.0 Å². The first-order chi connectivity index (χ1) is 17.0. The van der Waals surface area contributed by atoms with Crippen LogP contribution in [0.3, 0.4) is 0 Å². The second kappa shape index (κ2) is 13.7. The SMILES string of the molecule is COc1cc2cc(c1)COc1ccc(CN)cc1NC(=O)[C@H](CCCCCC(=O)NO)NCCC2. The van der Waals surface area contributed by atoms with Crippen molar-refractivity contribution in [1.29, 1.82) is 0 Å². The second-order valence-electron chi connectivity index (χ2n) is 8.75. The summed E-state index contributed by atoms with van der Waals surface area (Å²) >= 11 is 0. The van der Waals surface area contributed by atoms with Gasteiger partial charge in [-0.2, -0.15) is 0 Å². The molecule has 1 aliphatic heterocycles. The molecule has 35 heavy (non-hydrogen) atoms. The van der Waals surface area contributed by atoms with Crippen LogP contribution in [0.2, 0.25) is 0 Å². The lowest BCUT2D eigenvalue weighted by Gasteiger charge is -2.21. The molecule has 9 heteroatoms. The number of methoxy groups -OCH3 is 1. The predicted molar refractivity (Wildman–Crippen MR) is 133 cm³/mol. The normalized spacial score (nSPS) is 16.3. The van der Waals surface area contributed by atoms with Crippen LogP contribution >= 0.6 is 0 Å². The molecule has 2 amide bonds. The van der Waals surface area contributed by atoms with Crippen molar-refractivity contribution in [3.63, 3.8) is 0 Å². The zero-order valence-electron chi connectivity index (χ0n) is 20.3. The molecule has 0 spiro atoms. The fraction of sp³-hybridized carbons (Fsp3) is 0.462. The number of rotatable bonds is 8. The van der Waals surface area contributed by atoms with Gasteiger partial charge in [-0.25, -0.2) is 5.48 Å². The molecule has 0 saturated carbocycles. The summed E-state index contributed by atoms with van der Waals surface area (Å²) in [5.41, 5.74) is 11.1. The molecule has 0 unspecified atom stereocenters. The molecule has 0 aliphatic carbocycles. The lowest BCUT2D eigenvalue weighted by Crippen LogP contribution is -2.41. The number of nitrogens with one attached hydrogen (secondary N) is 3. The summed E-state index contributed by atoms with van der Waals surface area (Å²) in [4.78, 5) is 24.4. The molecule has 2 aromatic carbocycles. The smallest absolute Gasteiger partial charge is 0.243 e. The maximum atomic E-state index is 13.2. The Morgan fingerprint density at radius 1 is 1.20 bits per heavy atom. The minimum absolute atomic E-state index is 0.130. The maximum absolute atomic E-state index is 13.2. The van der Waals surface area contributed by atoms with E-state index in [0.717, 1.165) is 48.1 Å². The van der Waals surface area contributed by atoms with E-state index in [2.05, 4.69) is 16.7 Å². The summed E-state index contributed by atoms with van der Waals surface area (Å²) in [5, 5.41) is 15.1. The number of carbonyl (C=O) groups excluding carboxylic acids is 2. The van der Waals surface area contributed by atoms with Crippen LogP contribution in [-0.2, 0) is 29.2 Å². The van der Waals surface area contributed by atoms with Gasteiger partial charge < -0.3 is 25.8 Å². The molecule has 9 nitrogen and oxygen atoms in total. The zero-order valence-corrected chi connectivity index (χ0v) is 20.3. The van der Waals surface area contributed by atoms with Gasteiger partial charge in [-0.05, 0) is 73.2 Å². The molecular formula is C26H36N4O5. The molecule has 0 fully saturated rings. The number of carbonyl (C=O) groups is 2. The maximum Gasteiger partial charge on any atom is 0.243 e. The van der Waals surface area contributed by atoms with Crippen molar-refractivity contribution >= 4 is 17.5 Å². The Morgan fingerprint density at radius 2 is 2.03 bits per heavy atom. The van der Waals surface area contributed by atoms with Gasteiger partial charge >= 0.3 is 0 Å². The Kier molecular flexibility index (Phi) is 10.3. The fourth-order valence-electron chi connectivity index (χ4n) is 4.14. The highest BCUT2D eigenvalue weighted by Crippen LogP contribution is 2.28. The molecular weight excluding hydrogens is 448 g/mol. The van der Waals surface area contributed by atoms with Gasteiger partial charge in [0.25, 0.3) is 0 Å². The Bertz CT molecular complexity index is 998. The first-order valence-electron chi connectivity index (χ1n) is 12.1. The number of hydroxylamine groups is 1. The number of benzene rings is 2. The monoisotopic (exact) mass is 484 g/mol. The van der Waals surface area contributed by atoms with E-state index in [0.29, 0.717) is 44.0 Å². The molecule has 6 N–H and O–H groups in total. The van der Waals surface area contributed by atoms with Crippen LogP contribution in [0.15, 0.2) is 36.4 Å². The van der Waals surface area contributed by atoms with Gasteiger partial charge in [0.15, 0.2) is 0 Å². The summed E-state index contributed by atoms with van der Waals surface area (Å²) in [6.45, 7) is 1.38. The number of anilines is 1. The second-order valence-corrected chi connectivity index (χ2v) is 8.75. The molecule has 0 saturated heterocycles. The van der Waals surface area contributed by atoms with Gasteiger partial charge in [-0.15, -0.1) is 0 Å². The Morgan fingerprint density at radius 3 is 2.80 bits per heavy atom. The van der Waals surface area contributed by atoms with Crippen molar-refractivity contribution < 1.29 is 24.3 Å². The number of unbranched alkanes of at least 4 members (excludes halogenated alkanes) is 2. The van der Waals surface area contributed by atoms with Crippen LogP contribution < -0.4 is 31.3 Å². The number of aryl methyl sites for hydroxylation is 1. The molecule has 2 bridgehead atoms. The number of hydrogen-bond donors (Lipinski definition) is 5. The highest BCUT2D eigenvalue weighted by Gasteiger charge is 2.20. The average molecular weight is 485 g/mol. The van der Waals surface area contributed by atoms with Crippen molar-refractivity contribution in [3.05, 3.63) is 53.1 Å². The van der Waals surface area contributed by atoms with Crippen LogP contribution in [-0.4, -0.2) is 36.7 Å². The summed E-state index contributed by atoms with van der Waals surface area (Å²) < 4.78 is 11.6. The van der Waals surface area contributed by atoms with E-state index < -0.39 is 5.91 Å². The molecule has 1 heterocycles. The van der Waals surface area contributed by atoms with Gasteiger partial charge in [0.05, 0.1) is 18.8 Å². The molecule has 1 aliphatic rings. The van der Waals surface area contributed by atoms with Crippen LogP contribution in [0.5, 0.6) is 11.5 Å². The highest BCUT2D eigenvalue weighted by molar-refractivity contribution is 5.96. The third-order valence-corrected chi connectivity index (χ3v) is 6.06. The number of ether oxygens (including phenoxy) is 2. The Labute approximate surface area is 206 Å². The van der Waals surface area contributed by atoms with Crippen LogP contribution in [0, 0.1) is 0 Å². The minimum Gasteiger partial charge on any atom is -0.497 e. The van der Waals surface area contributed by atoms with Gasteiger partial charge in [-0.1, -0.05) is 25.0 Å². The van der Waals surface area contributed by atoms with Gasteiger partial charge in [0.2, 0.25) is 11.8 Å². The lowest BCUT2D eigenvalue weighted by molar-refractivity contribution is -0.129. The molecule has 3 rings (SSSR count). The largest absolute Gasteiger partial charge is 0.497 e. The molecule has 0 aromatic heterocycles. The molecule has 1 atom stereocenters. The predicted octanol–water partition coefficient (Wildman–Crippen LogP) is 3.03. The van der Waals surface area contributed by atoms with Crippen molar-refractivity contribution in [2.24, 2.45) is 5.73 Å². The van der Waals surface area contributed by atoms with E-state index in [1.54, 1.807) is 12.6 Å². The van der Waals surface area contributed by atoms with Crippen molar-refractivity contribution in [1.82, 2.24) is 10.8 Å². The van der Waals surface area contributed by atoms with Crippen molar-refractivity contribution in [2.45, 2.75) is 64.1 Å². The van der Waals surface area contributed by atoms with Crippen molar-refractivity contribution in [3.8, 4) is 11.5 Å². The average Bonchev–Trinajstić information content (AvgIpc) is 2.87. The summed E-state index contributed by atoms with van der Waals surface area (Å²) in [6.07, 6.45) is 4.80. The summed E-state index contributed by atoms with van der Waals surface area (Å²) in [6, 6.07) is 11.3. The number of fused-ring (bicyclic) bond motifs is 3. The van der Waals surface area contributed by atoms with E-state index in [4.69, 9.17) is 20.4 Å². The van der Waals surface area contributed by atoms with E-state index in [9.17, 15) is 9.59 Å². The zero-order chi connectivity index (χ0) is 25.0. The first-order valence-corrected chi connectivity index (χ1v) is 12.1. The fourth-order valence-corrected chi connectivity index (χ4v) is 4.14. The standard InChI is InChI=1S/C26H36N4O5/c1-34-21-13-18-6-5-11-28-22(7-3-2-4-8-25(31)30-33)26(32)29-23-15-19(16-27)9-10-24(23)35-17-20(12-18)14-21/h9-10,12-15,22,28,33H,2-8,11,16-17,27H2,1H3,(H,29,32)(H,30,31)/t22-/m0/s1. The van der Waals surface area contributed by atoms with Gasteiger partial charge in [0.1, 0.15) is 18.1 Å². The van der Waals surface area contributed by atoms with E-state index in [1.165, 1.54) is 0 Å². The van der Waals surface area contributed by atoms with E-state index in [1.807, 2.05) is 30.3 Å². The number of hydrogen-bond acceptors (Lipinski definition) is 7. The van der Waals surface area contributed by atoms with Gasteiger partial charge in [-0.3, -0.25) is 14.8 Å². The third-order valence-electron chi connectivity index (χ3n) is 6.06. The summed E-state index contributed by atoms with van der Waals surface area (Å²) in [7, 11) is 1.66. The highest BCUT2D eigenvalue weighted by atomic mass is 16.5. The third kappa shape index (κ3) is 8.24. The minimum atomic E-state index is -0.396. The van der Waals surface area contributed by atoms with Crippen LogP contribution in [0.4, 0.5) is 5.69 Å². The Balaban J connectivity index is 1.77. The first kappa shape index (κ1) is 26.5. The van der Waals surface area contributed by atoms with E-state index in [-0.39, 0.29) is 18.4 Å². The van der Waals surface area contributed by atoms with Crippen LogP contribution in [0.25, 0.3) is 0 Å². The lowest BCUT2D eigenvalue weighted by atomic mass is 10.0. The topological polar surface area (TPSA) is 135 Å². The Hall–Kier alpha value is -3.14. The van der Waals surface area contributed by atoms with Crippen molar-refractivity contribution in [2.75, 3.05) is 19.0 Å². The number of nitrogens with two attached hydrogens (primary N) is 1. The number of amides is 2. The molecule has 2 aromatic rings. The van der Waals surface area contributed by atoms with Crippen LogP contribution in [0.1, 0.15) is 55.2 Å². The summed E-state index contributed by atoms with van der Waals surface area (Å²) in [5.74, 6) is 0.841.